The van der Waals surface area contributed by atoms with Gasteiger partial charge in [-0.05, 0) is 19.4 Å². The molecule has 1 heterocycles. The highest BCUT2D eigenvalue weighted by molar-refractivity contribution is 6.18. The Balaban J connectivity index is 2.22. The van der Waals surface area contributed by atoms with E-state index in [1.165, 1.54) is 10.9 Å². The van der Waals surface area contributed by atoms with Crippen molar-refractivity contribution in [1.82, 2.24) is 15.1 Å². The van der Waals surface area contributed by atoms with Crippen LogP contribution in [0.1, 0.15) is 26.0 Å². The zero-order valence-electron chi connectivity index (χ0n) is 11.2. The number of rotatable bonds is 5. The largest absolute Gasteiger partial charge is 0.305 e. The number of fused-ring (bicyclic) bond motifs is 1. The third-order valence-electron chi connectivity index (χ3n) is 3.59. The van der Waals surface area contributed by atoms with Crippen molar-refractivity contribution in [3.8, 4) is 0 Å². The molecule has 2 aromatic rings. The highest BCUT2D eigenvalue weighted by Gasteiger charge is 2.20. The maximum absolute atomic E-state index is 6.01. The average Bonchev–Trinajstić information content (AvgIpc) is 2.74. The molecule has 0 saturated heterocycles. The quantitative estimate of drug-likeness (QED) is 0.842. The summed E-state index contributed by atoms with van der Waals surface area (Å²) >= 11 is 6.01. The first-order valence-electron chi connectivity index (χ1n) is 6.31. The van der Waals surface area contributed by atoms with Gasteiger partial charge in [-0.2, -0.15) is 5.10 Å². The number of nitrogens with one attached hydrogen (secondary N) is 1. The van der Waals surface area contributed by atoms with Crippen LogP contribution in [0.5, 0.6) is 0 Å². The highest BCUT2D eigenvalue weighted by atomic mass is 35.5. The van der Waals surface area contributed by atoms with Crippen molar-refractivity contribution >= 4 is 22.5 Å². The van der Waals surface area contributed by atoms with Crippen molar-refractivity contribution in [2.75, 3.05) is 5.88 Å². The Bertz CT molecular complexity index is 529. The summed E-state index contributed by atoms with van der Waals surface area (Å²) in [4.78, 5) is 0. The fourth-order valence-corrected chi connectivity index (χ4v) is 2.27. The van der Waals surface area contributed by atoms with Gasteiger partial charge in [-0.1, -0.05) is 25.1 Å². The molecular weight excluding hydrogens is 246 g/mol. The summed E-state index contributed by atoms with van der Waals surface area (Å²) in [6.45, 7) is 5.04. The Hall–Kier alpha value is -1.06. The van der Waals surface area contributed by atoms with E-state index in [4.69, 9.17) is 11.6 Å². The predicted molar refractivity (Wildman–Crippen MR) is 77.0 cm³/mol. The van der Waals surface area contributed by atoms with Crippen LogP contribution in [0.15, 0.2) is 24.3 Å². The number of halogens is 1. The van der Waals surface area contributed by atoms with Crippen molar-refractivity contribution in [3.63, 3.8) is 0 Å². The Morgan fingerprint density at radius 1 is 1.39 bits per heavy atom. The number of para-hydroxylation sites is 1. The molecule has 1 atom stereocenters. The van der Waals surface area contributed by atoms with Crippen molar-refractivity contribution in [3.05, 3.63) is 30.0 Å². The van der Waals surface area contributed by atoms with E-state index >= 15 is 0 Å². The summed E-state index contributed by atoms with van der Waals surface area (Å²) in [5, 5.41) is 9.29. The lowest BCUT2D eigenvalue weighted by atomic mass is 10.0. The van der Waals surface area contributed by atoms with Crippen molar-refractivity contribution in [2.45, 2.75) is 32.4 Å². The van der Waals surface area contributed by atoms with Gasteiger partial charge in [-0.25, -0.2) is 0 Å². The van der Waals surface area contributed by atoms with Crippen molar-refractivity contribution < 1.29 is 0 Å². The maximum atomic E-state index is 6.01. The topological polar surface area (TPSA) is 29.9 Å². The normalized spacial score (nSPS) is 14.9. The van der Waals surface area contributed by atoms with E-state index < -0.39 is 0 Å². The van der Waals surface area contributed by atoms with E-state index in [0.29, 0.717) is 5.88 Å². The summed E-state index contributed by atoms with van der Waals surface area (Å²) in [5.41, 5.74) is 2.22. The fourth-order valence-electron chi connectivity index (χ4n) is 1.98. The van der Waals surface area contributed by atoms with Crippen LogP contribution in [0, 0.1) is 0 Å². The van der Waals surface area contributed by atoms with Crippen molar-refractivity contribution in [2.24, 2.45) is 7.05 Å². The van der Waals surface area contributed by atoms with Gasteiger partial charge in [-0.15, -0.1) is 11.6 Å². The van der Waals surface area contributed by atoms with Crippen molar-refractivity contribution in [1.29, 1.82) is 0 Å². The van der Waals surface area contributed by atoms with Gasteiger partial charge in [0.15, 0.2) is 0 Å². The summed E-state index contributed by atoms with van der Waals surface area (Å²) in [6, 6.07) is 8.29. The van der Waals surface area contributed by atoms with E-state index in [1.54, 1.807) is 0 Å². The number of benzene rings is 1. The molecule has 0 amide bonds. The standard InChI is InChI=1S/C14H20ClN3/c1-4-14(2,10-15)16-9-12-11-7-5-6-8-13(11)18(3)17-12/h5-8,16H,4,9-10H2,1-3H3. The highest BCUT2D eigenvalue weighted by Crippen LogP contribution is 2.19. The molecule has 1 unspecified atom stereocenters. The molecule has 1 aromatic carbocycles. The van der Waals surface area contributed by atoms with Crippen LogP contribution >= 0.6 is 11.6 Å². The van der Waals surface area contributed by atoms with Gasteiger partial charge in [0.05, 0.1) is 11.2 Å². The second kappa shape index (κ2) is 5.29. The minimum Gasteiger partial charge on any atom is -0.305 e. The van der Waals surface area contributed by atoms with Gasteiger partial charge in [0.1, 0.15) is 0 Å². The van der Waals surface area contributed by atoms with Crippen LogP contribution in [0.25, 0.3) is 10.9 Å². The fraction of sp³-hybridized carbons (Fsp3) is 0.500. The predicted octanol–water partition coefficient (Wildman–Crippen LogP) is 3.07. The maximum Gasteiger partial charge on any atom is 0.0841 e. The molecule has 0 radical (unpaired) electrons. The Morgan fingerprint density at radius 2 is 2.11 bits per heavy atom. The SMILES string of the molecule is CCC(C)(CCl)NCc1nn(C)c2ccccc12. The molecule has 1 aromatic heterocycles. The summed E-state index contributed by atoms with van der Waals surface area (Å²) in [5.74, 6) is 0.605. The molecule has 98 valence electrons. The number of aromatic nitrogens is 2. The summed E-state index contributed by atoms with van der Waals surface area (Å²) in [7, 11) is 1.98. The van der Waals surface area contributed by atoms with Gasteiger partial charge in [0, 0.05) is 30.4 Å². The van der Waals surface area contributed by atoms with Gasteiger partial charge in [-0.3, -0.25) is 4.68 Å². The minimum atomic E-state index is -0.0276. The average molecular weight is 266 g/mol. The molecular formula is C14H20ClN3. The molecule has 0 aliphatic carbocycles. The number of nitrogens with zero attached hydrogens (tertiary/aromatic N) is 2. The molecule has 0 aliphatic rings. The molecule has 0 fully saturated rings. The van der Waals surface area contributed by atoms with Gasteiger partial charge in [0.25, 0.3) is 0 Å². The smallest absolute Gasteiger partial charge is 0.0841 e. The van der Waals surface area contributed by atoms with E-state index in [2.05, 4.69) is 36.4 Å². The monoisotopic (exact) mass is 265 g/mol. The number of alkyl halides is 1. The molecule has 0 spiro atoms. The number of hydrogen-bond acceptors (Lipinski definition) is 2. The lowest BCUT2D eigenvalue weighted by Gasteiger charge is -2.26. The molecule has 1 N–H and O–H groups in total. The first-order chi connectivity index (χ1) is 8.59. The third kappa shape index (κ3) is 2.52. The molecule has 0 aliphatic heterocycles. The lowest BCUT2D eigenvalue weighted by Crippen LogP contribution is -2.43. The van der Waals surface area contributed by atoms with Crippen LogP contribution in [0.4, 0.5) is 0 Å². The Morgan fingerprint density at radius 3 is 2.78 bits per heavy atom. The van der Waals surface area contributed by atoms with Crippen LogP contribution in [0.2, 0.25) is 0 Å². The van der Waals surface area contributed by atoms with E-state index in [-0.39, 0.29) is 5.54 Å². The molecule has 0 bridgehead atoms. The van der Waals surface area contributed by atoms with Crippen LogP contribution < -0.4 is 5.32 Å². The second-order valence-electron chi connectivity index (χ2n) is 4.99. The van der Waals surface area contributed by atoms with Crippen LogP contribution in [-0.4, -0.2) is 21.2 Å². The van der Waals surface area contributed by atoms with Gasteiger partial charge in [0.2, 0.25) is 0 Å². The zero-order valence-corrected chi connectivity index (χ0v) is 12.0. The number of aryl methyl sites for hydroxylation is 1. The zero-order chi connectivity index (χ0) is 13.2. The minimum absolute atomic E-state index is 0.0276. The molecule has 4 heteroatoms. The molecule has 2 rings (SSSR count). The molecule has 0 saturated carbocycles. The number of hydrogen-bond donors (Lipinski definition) is 1. The summed E-state index contributed by atoms with van der Waals surface area (Å²) < 4.78 is 1.93. The Kier molecular flexibility index (Phi) is 3.93. The van der Waals surface area contributed by atoms with E-state index in [1.807, 2.05) is 23.9 Å². The second-order valence-corrected chi connectivity index (χ2v) is 5.26. The van der Waals surface area contributed by atoms with Gasteiger partial charge < -0.3 is 5.32 Å². The van der Waals surface area contributed by atoms with Gasteiger partial charge >= 0.3 is 0 Å². The summed E-state index contributed by atoms with van der Waals surface area (Å²) in [6.07, 6.45) is 1.00. The third-order valence-corrected chi connectivity index (χ3v) is 4.18. The van der Waals surface area contributed by atoms with E-state index in [0.717, 1.165) is 18.7 Å². The van der Waals surface area contributed by atoms with Crippen LogP contribution in [-0.2, 0) is 13.6 Å². The first-order valence-corrected chi connectivity index (χ1v) is 6.84. The lowest BCUT2D eigenvalue weighted by molar-refractivity contribution is 0.377. The first kappa shape index (κ1) is 13.4. The molecule has 3 nitrogen and oxygen atoms in total. The van der Waals surface area contributed by atoms with Crippen LogP contribution in [0.3, 0.4) is 0 Å². The Labute approximate surface area is 113 Å². The van der Waals surface area contributed by atoms with E-state index in [9.17, 15) is 0 Å². The molecule has 18 heavy (non-hydrogen) atoms.